The molecule has 2 amide bonds. The molecule has 1 heterocycles. The van der Waals surface area contributed by atoms with E-state index in [0.717, 1.165) is 28.3 Å². The highest BCUT2D eigenvalue weighted by Gasteiger charge is 2.11. The number of aromatic nitrogens is 1. The van der Waals surface area contributed by atoms with Crippen LogP contribution in [-0.4, -0.2) is 35.8 Å². The number of ether oxygens (including phenoxy) is 2. The van der Waals surface area contributed by atoms with E-state index >= 15 is 0 Å². The molecule has 3 aromatic carbocycles. The molecule has 2 N–H and O–H groups in total. The van der Waals surface area contributed by atoms with Crippen LogP contribution in [0.1, 0.15) is 39.8 Å². The van der Waals surface area contributed by atoms with E-state index in [1.807, 2.05) is 64.1 Å². The lowest BCUT2D eigenvalue weighted by molar-refractivity contribution is -0.118. The second-order valence-corrected chi connectivity index (χ2v) is 8.99. The van der Waals surface area contributed by atoms with E-state index in [1.54, 1.807) is 30.3 Å². The lowest BCUT2D eigenvalue weighted by atomic mass is 10.2. The fourth-order valence-electron chi connectivity index (χ4n) is 4.10. The molecule has 0 saturated heterocycles. The van der Waals surface area contributed by atoms with Gasteiger partial charge in [-0.3, -0.25) is 9.59 Å². The van der Waals surface area contributed by atoms with Gasteiger partial charge in [0.2, 0.25) is 0 Å². The van der Waals surface area contributed by atoms with Gasteiger partial charge in [0.15, 0.2) is 18.1 Å². The van der Waals surface area contributed by atoms with Crippen molar-refractivity contribution in [2.75, 3.05) is 18.5 Å². The highest BCUT2D eigenvalue weighted by Crippen LogP contribution is 2.28. The standard InChI is InChI=1S/C31H32N4O4/c1-5-38-29-18-24(12-17-28(29)39-20-30(36)33-27-9-7-6-8-21(27)2)19-32-34-31(37)25-13-15-26(16-14-25)35-22(3)10-11-23(35)4/h6-19H,5,20H2,1-4H3,(H,33,36)(H,34,37)/b32-19-. The first-order chi connectivity index (χ1) is 18.9. The van der Waals surface area contributed by atoms with Gasteiger partial charge in [-0.1, -0.05) is 18.2 Å². The molecule has 0 atom stereocenters. The van der Waals surface area contributed by atoms with Crippen LogP contribution in [0.3, 0.4) is 0 Å². The van der Waals surface area contributed by atoms with E-state index in [1.165, 1.54) is 6.21 Å². The number of carbonyl (C=O) groups is 2. The molecule has 8 heteroatoms. The van der Waals surface area contributed by atoms with Crippen molar-refractivity contribution < 1.29 is 19.1 Å². The quantitative estimate of drug-likeness (QED) is 0.209. The molecule has 39 heavy (non-hydrogen) atoms. The third-order valence-electron chi connectivity index (χ3n) is 6.08. The zero-order chi connectivity index (χ0) is 27.8. The number of hydrogen-bond acceptors (Lipinski definition) is 5. The normalized spacial score (nSPS) is 10.9. The zero-order valence-corrected chi connectivity index (χ0v) is 22.5. The lowest BCUT2D eigenvalue weighted by Crippen LogP contribution is -2.20. The molecular weight excluding hydrogens is 492 g/mol. The Bertz CT molecular complexity index is 1470. The van der Waals surface area contributed by atoms with Gasteiger partial charge in [0, 0.05) is 28.3 Å². The molecule has 0 bridgehead atoms. The Kier molecular flexibility index (Phi) is 8.78. The topological polar surface area (TPSA) is 93.9 Å². The molecule has 0 spiro atoms. The number of nitrogens with zero attached hydrogens (tertiary/aromatic N) is 2. The van der Waals surface area contributed by atoms with Gasteiger partial charge in [0.1, 0.15) is 0 Å². The monoisotopic (exact) mass is 524 g/mol. The number of benzene rings is 3. The minimum absolute atomic E-state index is 0.167. The van der Waals surface area contributed by atoms with E-state index in [2.05, 4.69) is 32.5 Å². The van der Waals surface area contributed by atoms with Gasteiger partial charge < -0.3 is 19.4 Å². The van der Waals surface area contributed by atoms with Crippen LogP contribution in [0.25, 0.3) is 5.69 Å². The summed E-state index contributed by atoms with van der Waals surface area (Å²) in [6, 6.07) is 24.2. The summed E-state index contributed by atoms with van der Waals surface area (Å²) in [6.07, 6.45) is 1.52. The molecule has 0 aliphatic heterocycles. The summed E-state index contributed by atoms with van der Waals surface area (Å²) in [5.74, 6) is 0.323. The Morgan fingerprint density at radius 3 is 2.28 bits per heavy atom. The summed E-state index contributed by atoms with van der Waals surface area (Å²) < 4.78 is 13.5. The van der Waals surface area contributed by atoms with Crippen molar-refractivity contribution in [1.82, 2.24) is 9.99 Å². The van der Waals surface area contributed by atoms with Gasteiger partial charge in [-0.15, -0.1) is 0 Å². The average molecular weight is 525 g/mol. The highest BCUT2D eigenvalue weighted by molar-refractivity contribution is 5.95. The van der Waals surface area contributed by atoms with Crippen LogP contribution < -0.4 is 20.2 Å². The molecule has 0 fully saturated rings. The molecule has 8 nitrogen and oxygen atoms in total. The van der Waals surface area contributed by atoms with Crippen LogP contribution in [0.15, 0.2) is 84.0 Å². The molecule has 0 unspecified atom stereocenters. The molecule has 0 aliphatic rings. The molecule has 200 valence electrons. The maximum absolute atomic E-state index is 12.6. The van der Waals surface area contributed by atoms with Crippen LogP contribution in [0, 0.1) is 20.8 Å². The number of rotatable bonds is 10. The number of amides is 2. The summed E-state index contributed by atoms with van der Waals surface area (Å²) in [7, 11) is 0. The number of hydrazone groups is 1. The third-order valence-corrected chi connectivity index (χ3v) is 6.08. The van der Waals surface area contributed by atoms with E-state index in [4.69, 9.17) is 9.47 Å². The number of nitrogens with one attached hydrogen (secondary N) is 2. The van der Waals surface area contributed by atoms with Crippen LogP contribution in [0.4, 0.5) is 5.69 Å². The van der Waals surface area contributed by atoms with Gasteiger partial charge in [0.05, 0.1) is 12.8 Å². The fraction of sp³-hybridized carbons (Fsp3) is 0.194. The van der Waals surface area contributed by atoms with Crippen molar-refractivity contribution in [2.24, 2.45) is 5.10 Å². The largest absolute Gasteiger partial charge is 0.490 e. The highest BCUT2D eigenvalue weighted by atomic mass is 16.5. The first kappa shape index (κ1) is 27.2. The van der Waals surface area contributed by atoms with Crippen LogP contribution in [-0.2, 0) is 4.79 Å². The molecule has 4 rings (SSSR count). The summed E-state index contributed by atoms with van der Waals surface area (Å²) >= 11 is 0. The molecule has 0 aliphatic carbocycles. The van der Waals surface area contributed by atoms with Gasteiger partial charge in [0.25, 0.3) is 11.8 Å². The Morgan fingerprint density at radius 2 is 1.59 bits per heavy atom. The molecule has 0 radical (unpaired) electrons. The number of anilines is 1. The second-order valence-electron chi connectivity index (χ2n) is 8.99. The first-order valence-electron chi connectivity index (χ1n) is 12.7. The Morgan fingerprint density at radius 1 is 0.872 bits per heavy atom. The van der Waals surface area contributed by atoms with Crippen molar-refractivity contribution >= 4 is 23.7 Å². The first-order valence-corrected chi connectivity index (χ1v) is 12.7. The average Bonchev–Trinajstić information content (AvgIpc) is 3.27. The van der Waals surface area contributed by atoms with Crippen molar-refractivity contribution in [2.45, 2.75) is 27.7 Å². The summed E-state index contributed by atoms with van der Waals surface area (Å²) in [4.78, 5) is 24.9. The van der Waals surface area contributed by atoms with Gasteiger partial charge in [-0.2, -0.15) is 5.10 Å². The number of hydrogen-bond donors (Lipinski definition) is 2. The summed E-state index contributed by atoms with van der Waals surface area (Å²) in [6.45, 7) is 8.12. The van der Waals surface area contributed by atoms with Crippen LogP contribution in [0.5, 0.6) is 11.5 Å². The van der Waals surface area contributed by atoms with Crippen molar-refractivity contribution in [3.63, 3.8) is 0 Å². The third kappa shape index (κ3) is 6.93. The Balaban J connectivity index is 1.35. The molecule has 1 aromatic heterocycles. The predicted molar refractivity (Wildman–Crippen MR) is 153 cm³/mol. The SMILES string of the molecule is CCOc1cc(/C=N\NC(=O)c2ccc(-n3c(C)ccc3C)cc2)ccc1OCC(=O)Nc1ccccc1C. The summed E-state index contributed by atoms with van der Waals surface area (Å²) in [5, 5.41) is 6.93. The minimum Gasteiger partial charge on any atom is -0.490 e. The van der Waals surface area contributed by atoms with Crippen LogP contribution >= 0.6 is 0 Å². The maximum Gasteiger partial charge on any atom is 0.271 e. The van der Waals surface area contributed by atoms with E-state index in [9.17, 15) is 9.59 Å². The summed E-state index contributed by atoms with van der Waals surface area (Å²) in [5.41, 5.74) is 8.72. The predicted octanol–water partition coefficient (Wildman–Crippen LogP) is 5.58. The van der Waals surface area contributed by atoms with Crippen molar-refractivity contribution in [3.8, 4) is 17.2 Å². The number of carbonyl (C=O) groups excluding carboxylic acids is 2. The van der Waals surface area contributed by atoms with E-state index < -0.39 is 0 Å². The molecular formula is C31H32N4O4. The van der Waals surface area contributed by atoms with E-state index in [-0.39, 0.29) is 18.4 Å². The minimum atomic E-state index is -0.316. The Labute approximate surface area is 228 Å². The molecule has 4 aromatic rings. The van der Waals surface area contributed by atoms with E-state index in [0.29, 0.717) is 29.2 Å². The Hall–Kier alpha value is -4.85. The zero-order valence-electron chi connectivity index (χ0n) is 22.5. The van der Waals surface area contributed by atoms with Crippen LogP contribution in [0.2, 0.25) is 0 Å². The van der Waals surface area contributed by atoms with Gasteiger partial charge in [-0.05, 0) is 99.5 Å². The van der Waals surface area contributed by atoms with Crippen molar-refractivity contribution in [3.05, 3.63) is 107 Å². The van der Waals surface area contributed by atoms with Crippen molar-refractivity contribution in [1.29, 1.82) is 0 Å². The smallest absolute Gasteiger partial charge is 0.271 e. The lowest BCUT2D eigenvalue weighted by Gasteiger charge is -2.13. The second kappa shape index (κ2) is 12.6. The van der Waals surface area contributed by atoms with Gasteiger partial charge in [-0.25, -0.2) is 5.43 Å². The number of para-hydroxylation sites is 1. The fourth-order valence-corrected chi connectivity index (χ4v) is 4.10. The molecule has 0 saturated carbocycles. The maximum atomic E-state index is 12.6. The van der Waals surface area contributed by atoms with Gasteiger partial charge >= 0.3 is 0 Å². The number of aryl methyl sites for hydroxylation is 3.